The van der Waals surface area contributed by atoms with Gasteiger partial charge >= 0.3 is 0 Å². The normalized spacial score (nSPS) is 21.0. The summed E-state index contributed by atoms with van der Waals surface area (Å²) in [6, 6.07) is 5.62. The van der Waals surface area contributed by atoms with Gasteiger partial charge in [0.15, 0.2) is 5.11 Å². The fraction of sp³-hybridized carbons (Fsp3) is 0.500. The number of nitrogens with one attached hydrogen (secondary N) is 1. The molecular formula is C16H19BrClN3O2S. The van der Waals surface area contributed by atoms with Gasteiger partial charge in [-0.3, -0.25) is 4.79 Å². The highest BCUT2D eigenvalue weighted by molar-refractivity contribution is 9.10. The van der Waals surface area contributed by atoms with Crippen LogP contribution in [-0.4, -0.2) is 59.7 Å². The number of hydrogen-bond donors (Lipinski definition) is 1. The SMILES string of the molecule is O=C(C1CCCO1)N1CCN(C(=S)Nc2ccc(Br)cc2Cl)CC1. The van der Waals surface area contributed by atoms with Gasteiger partial charge in [0, 0.05) is 37.3 Å². The number of benzene rings is 1. The number of thiocarbonyl (C=S) groups is 1. The summed E-state index contributed by atoms with van der Waals surface area (Å²) in [5, 5.41) is 4.42. The minimum atomic E-state index is -0.247. The molecule has 2 aliphatic rings. The number of nitrogens with zero attached hydrogens (tertiary/aromatic N) is 2. The maximum Gasteiger partial charge on any atom is 0.251 e. The second-order valence-electron chi connectivity index (χ2n) is 5.87. The molecule has 2 fully saturated rings. The van der Waals surface area contributed by atoms with Crippen LogP contribution in [0.3, 0.4) is 0 Å². The van der Waals surface area contributed by atoms with Crippen LogP contribution < -0.4 is 5.32 Å². The molecule has 0 aromatic heterocycles. The predicted molar refractivity (Wildman–Crippen MR) is 102 cm³/mol. The molecule has 1 amide bonds. The summed E-state index contributed by atoms with van der Waals surface area (Å²) in [6.45, 7) is 3.43. The lowest BCUT2D eigenvalue weighted by Crippen LogP contribution is -2.53. The summed E-state index contributed by atoms with van der Waals surface area (Å²) < 4.78 is 6.40. The zero-order valence-corrected chi connectivity index (χ0v) is 16.3. The number of rotatable bonds is 2. The summed E-state index contributed by atoms with van der Waals surface area (Å²) in [7, 11) is 0. The van der Waals surface area contributed by atoms with Crippen molar-refractivity contribution in [2.75, 3.05) is 38.1 Å². The minimum absolute atomic E-state index is 0.113. The smallest absolute Gasteiger partial charge is 0.251 e. The van der Waals surface area contributed by atoms with E-state index in [1.54, 1.807) is 0 Å². The molecule has 2 saturated heterocycles. The van der Waals surface area contributed by atoms with Crippen LogP contribution in [0.25, 0.3) is 0 Å². The van der Waals surface area contributed by atoms with Gasteiger partial charge in [-0.2, -0.15) is 0 Å². The molecule has 1 N–H and O–H groups in total. The summed E-state index contributed by atoms with van der Waals surface area (Å²) in [5.41, 5.74) is 0.780. The average Bonchev–Trinajstić information content (AvgIpc) is 3.11. The molecule has 2 aliphatic heterocycles. The molecule has 0 bridgehead atoms. The predicted octanol–water partition coefficient (Wildman–Crippen LogP) is 3.12. The van der Waals surface area contributed by atoms with Crippen molar-refractivity contribution in [2.45, 2.75) is 18.9 Å². The Hall–Kier alpha value is -0.890. The topological polar surface area (TPSA) is 44.8 Å². The summed E-state index contributed by atoms with van der Waals surface area (Å²) in [5.74, 6) is 0.113. The lowest BCUT2D eigenvalue weighted by atomic mass is 10.2. The van der Waals surface area contributed by atoms with E-state index in [1.165, 1.54) is 0 Å². The van der Waals surface area contributed by atoms with Crippen LogP contribution in [0.4, 0.5) is 5.69 Å². The third-order valence-electron chi connectivity index (χ3n) is 4.26. The standard InChI is InChI=1S/C16H19BrClN3O2S/c17-11-3-4-13(12(18)10-11)19-16(24)21-7-5-20(6-8-21)15(22)14-2-1-9-23-14/h3-4,10,14H,1-2,5-9H2,(H,19,24). The molecule has 0 spiro atoms. The van der Waals surface area contributed by atoms with E-state index in [-0.39, 0.29) is 12.0 Å². The van der Waals surface area contributed by atoms with E-state index in [1.807, 2.05) is 23.1 Å². The highest BCUT2D eigenvalue weighted by Gasteiger charge is 2.30. The highest BCUT2D eigenvalue weighted by Crippen LogP contribution is 2.26. The van der Waals surface area contributed by atoms with Gasteiger partial charge in [-0.05, 0) is 43.3 Å². The molecule has 1 aromatic carbocycles. The minimum Gasteiger partial charge on any atom is -0.368 e. The van der Waals surface area contributed by atoms with Gasteiger partial charge in [0.25, 0.3) is 5.91 Å². The molecule has 1 atom stereocenters. The first-order valence-corrected chi connectivity index (χ1v) is 9.54. The number of anilines is 1. The van der Waals surface area contributed by atoms with E-state index in [2.05, 4.69) is 26.1 Å². The average molecular weight is 433 g/mol. The van der Waals surface area contributed by atoms with Gasteiger partial charge in [-0.1, -0.05) is 27.5 Å². The number of ether oxygens (including phenoxy) is 1. The maximum absolute atomic E-state index is 12.4. The second-order valence-corrected chi connectivity index (χ2v) is 7.58. The Balaban J connectivity index is 1.52. The van der Waals surface area contributed by atoms with E-state index < -0.39 is 0 Å². The van der Waals surface area contributed by atoms with Crippen LogP contribution >= 0.6 is 39.7 Å². The zero-order valence-electron chi connectivity index (χ0n) is 13.1. The van der Waals surface area contributed by atoms with Crippen LogP contribution in [0.5, 0.6) is 0 Å². The molecule has 3 rings (SSSR count). The van der Waals surface area contributed by atoms with E-state index in [0.29, 0.717) is 42.9 Å². The van der Waals surface area contributed by atoms with Gasteiger partial charge in [0.05, 0.1) is 10.7 Å². The summed E-state index contributed by atoms with van der Waals surface area (Å²) in [6.07, 6.45) is 1.56. The van der Waals surface area contributed by atoms with Crippen LogP contribution in [-0.2, 0) is 9.53 Å². The van der Waals surface area contributed by atoms with Gasteiger partial charge in [-0.25, -0.2) is 0 Å². The Bertz CT molecular complexity index is 632. The summed E-state index contributed by atoms with van der Waals surface area (Å²) >= 11 is 15.1. The number of hydrogen-bond acceptors (Lipinski definition) is 3. The van der Waals surface area contributed by atoms with Gasteiger partial charge in [-0.15, -0.1) is 0 Å². The molecule has 8 heteroatoms. The Morgan fingerprint density at radius 1 is 1.29 bits per heavy atom. The molecule has 130 valence electrons. The number of amides is 1. The van der Waals surface area contributed by atoms with Crippen molar-refractivity contribution in [1.29, 1.82) is 0 Å². The van der Waals surface area contributed by atoms with E-state index in [4.69, 9.17) is 28.6 Å². The number of halogens is 2. The van der Waals surface area contributed by atoms with Crippen molar-refractivity contribution in [3.05, 3.63) is 27.7 Å². The van der Waals surface area contributed by atoms with E-state index >= 15 is 0 Å². The van der Waals surface area contributed by atoms with Crippen LogP contribution in [0.2, 0.25) is 5.02 Å². The third kappa shape index (κ3) is 4.20. The molecular weight excluding hydrogens is 414 g/mol. The molecule has 0 radical (unpaired) electrons. The van der Waals surface area contributed by atoms with E-state index in [0.717, 1.165) is 23.0 Å². The number of piperazine rings is 1. The third-order valence-corrected chi connectivity index (χ3v) is 5.42. The Labute approximate surface area is 160 Å². The molecule has 24 heavy (non-hydrogen) atoms. The Kier molecular flexibility index (Phi) is 5.97. The van der Waals surface area contributed by atoms with Crippen molar-refractivity contribution in [3.63, 3.8) is 0 Å². The number of carbonyl (C=O) groups is 1. The lowest BCUT2D eigenvalue weighted by Gasteiger charge is -2.37. The van der Waals surface area contributed by atoms with Crippen molar-refractivity contribution in [1.82, 2.24) is 9.80 Å². The molecule has 5 nitrogen and oxygen atoms in total. The molecule has 0 saturated carbocycles. The zero-order chi connectivity index (χ0) is 17.1. The van der Waals surface area contributed by atoms with Gasteiger partial charge in [0.1, 0.15) is 6.10 Å². The van der Waals surface area contributed by atoms with Crippen molar-refractivity contribution >= 4 is 56.5 Å². The fourth-order valence-electron chi connectivity index (χ4n) is 2.89. The molecule has 2 heterocycles. The first-order valence-electron chi connectivity index (χ1n) is 7.96. The first kappa shape index (κ1) is 17.9. The highest BCUT2D eigenvalue weighted by atomic mass is 79.9. The second kappa shape index (κ2) is 7.99. The number of carbonyl (C=O) groups excluding carboxylic acids is 1. The monoisotopic (exact) mass is 431 g/mol. The van der Waals surface area contributed by atoms with Crippen LogP contribution in [0.1, 0.15) is 12.8 Å². The van der Waals surface area contributed by atoms with Crippen LogP contribution in [0.15, 0.2) is 22.7 Å². The quantitative estimate of drug-likeness (QED) is 0.728. The van der Waals surface area contributed by atoms with Crippen molar-refractivity contribution in [3.8, 4) is 0 Å². The Morgan fingerprint density at radius 2 is 2.00 bits per heavy atom. The Morgan fingerprint density at radius 3 is 2.62 bits per heavy atom. The van der Waals surface area contributed by atoms with Gasteiger partial charge in [0.2, 0.25) is 0 Å². The molecule has 0 aliphatic carbocycles. The first-order chi connectivity index (χ1) is 11.5. The van der Waals surface area contributed by atoms with Gasteiger partial charge < -0.3 is 19.9 Å². The molecule has 1 aromatic rings. The largest absolute Gasteiger partial charge is 0.368 e. The lowest BCUT2D eigenvalue weighted by molar-refractivity contribution is -0.142. The van der Waals surface area contributed by atoms with E-state index in [9.17, 15) is 4.79 Å². The maximum atomic E-state index is 12.4. The van der Waals surface area contributed by atoms with Crippen molar-refractivity contribution < 1.29 is 9.53 Å². The summed E-state index contributed by atoms with van der Waals surface area (Å²) in [4.78, 5) is 16.3. The van der Waals surface area contributed by atoms with Crippen molar-refractivity contribution in [2.24, 2.45) is 0 Å². The van der Waals surface area contributed by atoms with Crippen LogP contribution in [0, 0.1) is 0 Å². The molecule has 1 unspecified atom stereocenters. The fourth-order valence-corrected chi connectivity index (χ4v) is 3.90.